The van der Waals surface area contributed by atoms with Crippen LogP contribution in [-0.4, -0.2) is 44.9 Å². The third-order valence-electron chi connectivity index (χ3n) is 2.57. The SMILES string of the molecule is CN(C)CCn1ncc(Cl)c1C(N)c1cnns1. The smallest absolute Gasteiger partial charge is 0.0864 e. The van der Waals surface area contributed by atoms with Gasteiger partial charge < -0.3 is 10.6 Å². The lowest BCUT2D eigenvalue weighted by molar-refractivity contribution is 0.368. The molecule has 0 saturated carbocycles. The Morgan fingerprint density at radius 3 is 2.89 bits per heavy atom. The van der Waals surface area contributed by atoms with Crippen molar-refractivity contribution in [3.05, 3.63) is 28.0 Å². The molecular weight excluding hydrogens is 272 g/mol. The van der Waals surface area contributed by atoms with Gasteiger partial charge in [-0.3, -0.25) is 4.68 Å². The summed E-state index contributed by atoms with van der Waals surface area (Å²) >= 11 is 7.43. The van der Waals surface area contributed by atoms with E-state index in [2.05, 4.69) is 19.6 Å². The molecule has 0 aromatic carbocycles. The van der Waals surface area contributed by atoms with E-state index in [9.17, 15) is 0 Å². The molecule has 2 rings (SSSR count). The first-order valence-electron chi connectivity index (χ1n) is 5.48. The summed E-state index contributed by atoms with van der Waals surface area (Å²) in [5.41, 5.74) is 6.99. The minimum absolute atomic E-state index is 0.331. The normalized spacial score (nSPS) is 13.2. The fraction of sp³-hybridized carbons (Fsp3) is 0.500. The maximum Gasteiger partial charge on any atom is 0.0864 e. The van der Waals surface area contributed by atoms with E-state index in [0.717, 1.165) is 23.7 Å². The van der Waals surface area contributed by atoms with Crippen molar-refractivity contribution >= 4 is 23.1 Å². The van der Waals surface area contributed by atoms with Crippen molar-refractivity contribution < 1.29 is 0 Å². The van der Waals surface area contributed by atoms with E-state index < -0.39 is 0 Å². The summed E-state index contributed by atoms with van der Waals surface area (Å²) in [6, 6.07) is -0.331. The molecule has 1 atom stereocenters. The molecule has 2 N–H and O–H groups in total. The molecule has 6 nitrogen and oxygen atoms in total. The second kappa shape index (κ2) is 5.75. The van der Waals surface area contributed by atoms with Gasteiger partial charge in [0.1, 0.15) is 0 Å². The molecule has 0 saturated heterocycles. The monoisotopic (exact) mass is 286 g/mol. The van der Waals surface area contributed by atoms with Crippen LogP contribution in [-0.2, 0) is 6.54 Å². The Morgan fingerprint density at radius 2 is 2.28 bits per heavy atom. The van der Waals surface area contributed by atoms with Gasteiger partial charge in [-0.05, 0) is 25.6 Å². The van der Waals surface area contributed by atoms with Crippen molar-refractivity contribution in [1.29, 1.82) is 0 Å². The first kappa shape index (κ1) is 13.4. The van der Waals surface area contributed by atoms with Gasteiger partial charge in [0, 0.05) is 6.54 Å². The van der Waals surface area contributed by atoms with Crippen molar-refractivity contribution in [3.63, 3.8) is 0 Å². The standard InChI is InChI=1S/C10H15ClN6S/c1-16(2)3-4-17-10(7(11)5-14-17)9(12)8-6-13-15-18-8/h5-6,9H,3-4,12H2,1-2H3. The summed E-state index contributed by atoms with van der Waals surface area (Å²) in [6.07, 6.45) is 3.29. The lowest BCUT2D eigenvalue weighted by atomic mass is 10.2. The fourth-order valence-electron chi connectivity index (χ4n) is 1.60. The van der Waals surface area contributed by atoms with Crippen LogP contribution in [0.4, 0.5) is 0 Å². The van der Waals surface area contributed by atoms with Gasteiger partial charge in [-0.15, -0.1) is 5.10 Å². The highest BCUT2D eigenvalue weighted by atomic mass is 35.5. The van der Waals surface area contributed by atoms with Crippen LogP contribution < -0.4 is 5.73 Å². The maximum atomic E-state index is 6.18. The topological polar surface area (TPSA) is 72.9 Å². The summed E-state index contributed by atoms with van der Waals surface area (Å²) in [5.74, 6) is 0. The molecule has 0 fully saturated rings. The van der Waals surface area contributed by atoms with Crippen LogP contribution in [0.2, 0.25) is 5.02 Å². The highest BCUT2D eigenvalue weighted by Gasteiger charge is 2.20. The molecule has 8 heteroatoms. The Balaban J connectivity index is 2.23. The molecule has 2 aromatic rings. The Kier molecular flexibility index (Phi) is 4.28. The number of hydrogen-bond donors (Lipinski definition) is 1. The summed E-state index contributed by atoms with van der Waals surface area (Å²) in [4.78, 5) is 2.96. The summed E-state index contributed by atoms with van der Waals surface area (Å²) in [5, 5.41) is 8.63. The highest BCUT2D eigenvalue weighted by Crippen LogP contribution is 2.27. The van der Waals surface area contributed by atoms with E-state index in [-0.39, 0.29) is 6.04 Å². The van der Waals surface area contributed by atoms with Gasteiger partial charge in [-0.1, -0.05) is 16.1 Å². The third kappa shape index (κ3) is 2.86. The average Bonchev–Trinajstić information content (AvgIpc) is 2.94. The second-order valence-corrected chi connectivity index (χ2v) is 5.43. The predicted molar refractivity (Wildman–Crippen MR) is 71.7 cm³/mol. The van der Waals surface area contributed by atoms with Crippen molar-refractivity contribution in [2.75, 3.05) is 20.6 Å². The van der Waals surface area contributed by atoms with Gasteiger partial charge in [-0.25, -0.2) is 0 Å². The average molecular weight is 287 g/mol. The molecule has 18 heavy (non-hydrogen) atoms. The van der Waals surface area contributed by atoms with Crippen molar-refractivity contribution in [1.82, 2.24) is 24.3 Å². The Morgan fingerprint density at radius 1 is 1.50 bits per heavy atom. The largest absolute Gasteiger partial charge is 0.318 e. The zero-order valence-electron chi connectivity index (χ0n) is 10.2. The quantitative estimate of drug-likeness (QED) is 0.888. The highest BCUT2D eigenvalue weighted by molar-refractivity contribution is 7.05. The number of nitrogens with zero attached hydrogens (tertiary/aromatic N) is 5. The molecule has 0 amide bonds. The molecule has 0 aliphatic carbocycles. The zero-order chi connectivity index (χ0) is 13.1. The number of halogens is 1. The first-order valence-corrected chi connectivity index (χ1v) is 6.63. The van der Waals surface area contributed by atoms with E-state index in [1.807, 2.05) is 18.8 Å². The van der Waals surface area contributed by atoms with Gasteiger partial charge >= 0.3 is 0 Å². The van der Waals surface area contributed by atoms with Crippen LogP contribution in [0.5, 0.6) is 0 Å². The van der Waals surface area contributed by atoms with Gasteiger partial charge in [0.15, 0.2) is 0 Å². The predicted octanol–water partition coefficient (Wildman–Crippen LogP) is 0.998. The summed E-state index contributed by atoms with van der Waals surface area (Å²) < 4.78 is 5.66. The molecular formula is C10H15ClN6S. The van der Waals surface area contributed by atoms with E-state index in [1.54, 1.807) is 12.4 Å². The van der Waals surface area contributed by atoms with E-state index in [1.165, 1.54) is 11.5 Å². The number of rotatable bonds is 5. The molecule has 0 radical (unpaired) electrons. The number of likely N-dealkylation sites (N-methyl/N-ethyl adjacent to an activating group) is 1. The van der Waals surface area contributed by atoms with Crippen LogP contribution in [0.15, 0.2) is 12.4 Å². The minimum Gasteiger partial charge on any atom is -0.318 e. The first-order chi connectivity index (χ1) is 8.59. The summed E-state index contributed by atoms with van der Waals surface area (Å²) in [7, 11) is 4.02. The maximum absolute atomic E-state index is 6.18. The van der Waals surface area contributed by atoms with E-state index >= 15 is 0 Å². The van der Waals surface area contributed by atoms with Gasteiger partial charge in [0.2, 0.25) is 0 Å². The lowest BCUT2D eigenvalue weighted by Gasteiger charge is -2.15. The minimum atomic E-state index is -0.331. The molecule has 98 valence electrons. The second-order valence-electron chi connectivity index (χ2n) is 4.20. The number of nitrogens with two attached hydrogens (primary N) is 1. The lowest BCUT2D eigenvalue weighted by Crippen LogP contribution is -2.23. The van der Waals surface area contributed by atoms with Crippen LogP contribution >= 0.6 is 23.1 Å². The van der Waals surface area contributed by atoms with Gasteiger partial charge in [-0.2, -0.15) is 5.10 Å². The Labute approximate surface area is 115 Å². The molecule has 0 aliphatic heterocycles. The van der Waals surface area contributed by atoms with Crippen LogP contribution in [0, 0.1) is 0 Å². The zero-order valence-corrected chi connectivity index (χ0v) is 11.8. The third-order valence-corrected chi connectivity index (χ3v) is 3.61. The van der Waals surface area contributed by atoms with Crippen molar-refractivity contribution in [3.8, 4) is 0 Å². The molecule has 0 spiro atoms. The fourth-order valence-corrected chi connectivity index (χ4v) is 2.37. The molecule has 0 bridgehead atoms. The van der Waals surface area contributed by atoms with E-state index in [0.29, 0.717) is 5.02 Å². The van der Waals surface area contributed by atoms with E-state index in [4.69, 9.17) is 17.3 Å². The Hall–Kier alpha value is -1.02. The van der Waals surface area contributed by atoms with Crippen molar-refractivity contribution in [2.45, 2.75) is 12.6 Å². The van der Waals surface area contributed by atoms with Crippen LogP contribution in [0.25, 0.3) is 0 Å². The van der Waals surface area contributed by atoms with Crippen LogP contribution in [0.1, 0.15) is 16.6 Å². The molecule has 1 unspecified atom stereocenters. The number of hydrogen-bond acceptors (Lipinski definition) is 6. The Bertz CT molecular complexity index is 494. The summed E-state index contributed by atoms with van der Waals surface area (Å²) in [6.45, 7) is 1.62. The van der Waals surface area contributed by atoms with Gasteiger partial charge in [0.05, 0.1) is 40.6 Å². The van der Waals surface area contributed by atoms with Crippen molar-refractivity contribution in [2.24, 2.45) is 5.73 Å². The molecule has 0 aliphatic rings. The number of aromatic nitrogens is 4. The molecule has 2 aromatic heterocycles. The molecule has 2 heterocycles. The van der Waals surface area contributed by atoms with Gasteiger partial charge in [0.25, 0.3) is 0 Å². The van der Waals surface area contributed by atoms with Crippen LogP contribution in [0.3, 0.4) is 0 Å².